The van der Waals surface area contributed by atoms with E-state index in [1.807, 2.05) is 6.07 Å². The van der Waals surface area contributed by atoms with Crippen LogP contribution < -0.4 is 16.8 Å². The smallest absolute Gasteiger partial charge is 0.241 e. The first-order valence-corrected chi connectivity index (χ1v) is 6.45. The number of nitrogens with one attached hydrogen (secondary N) is 1. The van der Waals surface area contributed by atoms with E-state index in [2.05, 4.69) is 5.32 Å². The third-order valence-electron chi connectivity index (χ3n) is 2.91. The van der Waals surface area contributed by atoms with Gasteiger partial charge in [-0.15, -0.1) is 0 Å². The van der Waals surface area contributed by atoms with Gasteiger partial charge in [-0.3, -0.25) is 14.4 Å². The van der Waals surface area contributed by atoms with Crippen molar-refractivity contribution in [3.63, 3.8) is 0 Å². The normalized spacial score (nSPS) is 11.6. The number of nitrogens with zero attached hydrogens (tertiary/aromatic N) is 1. The summed E-state index contributed by atoms with van der Waals surface area (Å²) in [6, 6.07) is 6.07. The van der Waals surface area contributed by atoms with Gasteiger partial charge in [-0.25, -0.2) is 0 Å². The maximum atomic E-state index is 11.8. The third-order valence-corrected chi connectivity index (χ3v) is 2.91. The monoisotopic (exact) mass is 292 g/mol. The van der Waals surface area contributed by atoms with Crippen molar-refractivity contribution in [2.24, 2.45) is 11.5 Å². The summed E-state index contributed by atoms with van der Waals surface area (Å²) in [5.41, 5.74) is 12.0. The van der Waals surface area contributed by atoms with Crippen molar-refractivity contribution in [2.75, 3.05) is 12.4 Å². The highest BCUT2D eigenvalue weighted by Gasteiger charge is 2.16. The lowest BCUT2D eigenvalue weighted by atomic mass is 10.1. The van der Waals surface area contributed by atoms with E-state index < -0.39 is 17.9 Å². The third kappa shape index (κ3) is 5.62. The molecule has 5 N–H and O–H groups in total. The zero-order valence-electron chi connectivity index (χ0n) is 12.1. The number of carbonyl (C=O) groups is 3. The SMILES string of the molecule is CC(=O)N(C)Cc1cccc(NC(=O)C(N)CC(N)=O)c1. The fraction of sp³-hybridized carbons (Fsp3) is 0.357. The van der Waals surface area contributed by atoms with Gasteiger partial charge in [-0.2, -0.15) is 0 Å². The molecule has 0 radical (unpaired) electrons. The van der Waals surface area contributed by atoms with Gasteiger partial charge >= 0.3 is 0 Å². The Morgan fingerprint density at radius 1 is 1.33 bits per heavy atom. The lowest BCUT2D eigenvalue weighted by Gasteiger charge is -2.16. The largest absolute Gasteiger partial charge is 0.370 e. The summed E-state index contributed by atoms with van der Waals surface area (Å²) in [7, 11) is 1.69. The molecule has 1 unspecified atom stereocenters. The molecule has 7 nitrogen and oxygen atoms in total. The molecule has 0 saturated heterocycles. The number of carbonyl (C=O) groups excluding carboxylic acids is 3. The number of rotatable bonds is 6. The van der Waals surface area contributed by atoms with E-state index in [9.17, 15) is 14.4 Å². The lowest BCUT2D eigenvalue weighted by molar-refractivity contribution is -0.128. The van der Waals surface area contributed by atoms with Gasteiger partial charge in [0.05, 0.1) is 12.5 Å². The topological polar surface area (TPSA) is 119 Å². The number of anilines is 1. The summed E-state index contributed by atoms with van der Waals surface area (Å²) in [5, 5.41) is 2.61. The van der Waals surface area contributed by atoms with E-state index in [-0.39, 0.29) is 12.3 Å². The van der Waals surface area contributed by atoms with E-state index in [0.29, 0.717) is 12.2 Å². The van der Waals surface area contributed by atoms with E-state index in [1.165, 1.54) is 6.92 Å². The predicted molar refractivity (Wildman–Crippen MR) is 79.0 cm³/mol. The Balaban J connectivity index is 2.70. The second-order valence-corrected chi connectivity index (χ2v) is 4.84. The summed E-state index contributed by atoms with van der Waals surface area (Å²) in [5.74, 6) is -1.16. The van der Waals surface area contributed by atoms with Crippen molar-refractivity contribution in [1.29, 1.82) is 0 Å². The molecule has 0 aliphatic heterocycles. The first-order valence-electron chi connectivity index (χ1n) is 6.45. The molecule has 7 heteroatoms. The van der Waals surface area contributed by atoms with Crippen LogP contribution in [0, 0.1) is 0 Å². The van der Waals surface area contributed by atoms with Gasteiger partial charge < -0.3 is 21.7 Å². The summed E-state index contributed by atoms with van der Waals surface area (Å²) >= 11 is 0. The molecule has 0 aromatic heterocycles. The quantitative estimate of drug-likeness (QED) is 0.673. The van der Waals surface area contributed by atoms with Crippen LogP contribution in [0.5, 0.6) is 0 Å². The molecule has 114 valence electrons. The summed E-state index contributed by atoms with van der Waals surface area (Å²) in [4.78, 5) is 35.3. The molecule has 0 aliphatic carbocycles. The van der Waals surface area contributed by atoms with E-state index in [4.69, 9.17) is 11.5 Å². The van der Waals surface area contributed by atoms with Crippen LogP contribution in [0.25, 0.3) is 0 Å². The van der Waals surface area contributed by atoms with Crippen LogP contribution >= 0.6 is 0 Å². The van der Waals surface area contributed by atoms with Crippen LogP contribution in [-0.2, 0) is 20.9 Å². The van der Waals surface area contributed by atoms with Crippen molar-refractivity contribution in [1.82, 2.24) is 4.90 Å². The standard InChI is InChI=1S/C14H20N4O3/c1-9(19)18(2)8-10-4-3-5-11(6-10)17-14(21)12(15)7-13(16)20/h3-6,12H,7-8,15H2,1-2H3,(H2,16,20)(H,17,21). The molecule has 0 heterocycles. The Morgan fingerprint density at radius 3 is 2.57 bits per heavy atom. The molecule has 0 saturated carbocycles. The molecule has 1 atom stereocenters. The fourth-order valence-corrected chi connectivity index (χ4v) is 1.68. The molecule has 0 bridgehead atoms. The summed E-state index contributed by atoms with van der Waals surface area (Å²) < 4.78 is 0. The maximum absolute atomic E-state index is 11.8. The van der Waals surface area contributed by atoms with E-state index in [0.717, 1.165) is 5.56 Å². The van der Waals surface area contributed by atoms with Gasteiger partial charge in [0.1, 0.15) is 0 Å². The van der Waals surface area contributed by atoms with Crippen molar-refractivity contribution < 1.29 is 14.4 Å². The lowest BCUT2D eigenvalue weighted by Crippen LogP contribution is -2.39. The molecule has 1 aromatic carbocycles. The zero-order valence-corrected chi connectivity index (χ0v) is 12.1. The molecule has 21 heavy (non-hydrogen) atoms. The summed E-state index contributed by atoms with van der Waals surface area (Å²) in [6.45, 7) is 1.92. The molecule has 0 spiro atoms. The Labute approximate surface area is 123 Å². The summed E-state index contributed by atoms with van der Waals surface area (Å²) in [6.07, 6.45) is -0.210. The van der Waals surface area contributed by atoms with E-state index in [1.54, 1.807) is 30.1 Å². The Bertz CT molecular complexity index is 545. The van der Waals surface area contributed by atoms with Crippen LogP contribution in [0.2, 0.25) is 0 Å². The Kier molecular flexibility index (Phi) is 5.86. The number of hydrogen-bond donors (Lipinski definition) is 3. The number of benzene rings is 1. The molecule has 1 rings (SSSR count). The molecule has 1 aromatic rings. The number of hydrogen-bond acceptors (Lipinski definition) is 4. The zero-order chi connectivity index (χ0) is 16.0. The second-order valence-electron chi connectivity index (χ2n) is 4.84. The number of amides is 3. The highest BCUT2D eigenvalue weighted by Crippen LogP contribution is 2.12. The van der Waals surface area contributed by atoms with Crippen molar-refractivity contribution in [3.8, 4) is 0 Å². The highest BCUT2D eigenvalue weighted by atomic mass is 16.2. The molecule has 0 fully saturated rings. The van der Waals surface area contributed by atoms with E-state index >= 15 is 0 Å². The Hall–Kier alpha value is -2.41. The minimum Gasteiger partial charge on any atom is -0.370 e. The van der Waals surface area contributed by atoms with Crippen LogP contribution in [0.1, 0.15) is 18.9 Å². The minimum atomic E-state index is -0.981. The van der Waals surface area contributed by atoms with Crippen LogP contribution in [0.4, 0.5) is 5.69 Å². The van der Waals surface area contributed by atoms with Gasteiger partial charge in [0.15, 0.2) is 0 Å². The predicted octanol–water partition coefficient (Wildman–Crippen LogP) is -0.194. The van der Waals surface area contributed by atoms with Crippen LogP contribution in [-0.4, -0.2) is 35.7 Å². The van der Waals surface area contributed by atoms with Crippen molar-refractivity contribution in [3.05, 3.63) is 29.8 Å². The van der Waals surface area contributed by atoms with Gasteiger partial charge in [0, 0.05) is 26.2 Å². The average Bonchev–Trinajstić information content (AvgIpc) is 2.38. The number of nitrogens with two attached hydrogens (primary N) is 2. The first kappa shape index (κ1) is 16.6. The van der Waals surface area contributed by atoms with Crippen molar-refractivity contribution >= 4 is 23.4 Å². The highest BCUT2D eigenvalue weighted by molar-refractivity contribution is 5.97. The molecule has 0 aliphatic rings. The molecular formula is C14H20N4O3. The minimum absolute atomic E-state index is 0.0482. The van der Waals surface area contributed by atoms with Gasteiger partial charge in [-0.1, -0.05) is 12.1 Å². The second kappa shape index (κ2) is 7.39. The van der Waals surface area contributed by atoms with Gasteiger partial charge in [0.25, 0.3) is 0 Å². The Morgan fingerprint density at radius 2 is 2.00 bits per heavy atom. The van der Waals surface area contributed by atoms with Crippen molar-refractivity contribution in [2.45, 2.75) is 25.9 Å². The molecular weight excluding hydrogens is 272 g/mol. The molecule has 3 amide bonds. The number of primary amides is 1. The fourth-order valence-electron chi connectivity index (χ4n) is 1.68. The van der Waals surface area contributed by atoms with Crippen LogP contribution in [0.3, 0.4) is 0 Å². The first-order chi connectivity index (χ1) is 9.79. The average molecular weight is 292 g/mol. The van der Waals surface area contributed by atoms with Gasteiger partial charge in [-0.05, 0) is 17.7 Å². The van der Waals surface area contributed by atoms with Gasteiger partial charge in [0.2, 0.25) is 17.7 Å². The van der Waals surface area contributed by atoms with Crippen LogP contribution in [0.15, 0.2) is 24.3 Å². The maximum Gasteiger partial charge on any atom is 0.241 e.